The van der Waals surface area contributed by atoms with Gasteiger partial charge in [0.15, 0.2) is 17.1 Å². The Morgan fingerprint density at radius 1 is 1.13 bits per heavy atom. The highest BCUT2D eigenvalue weighted by molar-refractivity contribution is 5.94. The summed E-state index contributed by atoms with van der Waals surface area (Å²) in [6.07, 6.45) is -1.03. The SMILES string of the molecule is COc1cc(-c2cc(C(=O)N3CC[C@@H](C(=O)N[C@H]4CC[C@@](OC)(C(F)(F)F)CC4)CC34CC4)n[nH]2)c(F)cn1. The molecule has 0 aromatic carbocycles. The Morgan fingerprint density at radius 2 is 1.85 bits per heavy atom. The van der Waals surface area contributed by atoms with E-state index in [2.05, 4.69) is 20.5 Å². The molecule has 2 aromatic heterocycles. The van der Waals surface area contributed by atoms with E-state index in [0.29, 0.717) is 25.1 Å². The van der Waals surface area contributed by atoms with Crippen LogP contribution >= 0.6 is 0 Å². The molecule has 0 radical (unpaired) electrons. The zero-order valence-corrected chi connectivity index (χ0v) is 21.7. The van der Waals surface area contributed by atoms with Crippen LogP contribution in [0.4, 0.5) is 17.6 Å². The Kier molecular flexibility index (Phi) is 7.06. The smallest absolute Gasteiger partial charge is 0.417 e. The van der Waals surface area contributed by atoms with Crippen LogP contribution in [-0.4, -0.2) is 76.0 Å². The quantitative estimate of drug-likeness (QED) is 0.524. The van der Waals surface area contributed by atoms with Gasteiger partial charge in [-0.05, 0) is 57.4 Å². The maximum absolute atomic E-state index is 14.3. The molecule has 2 aliphatic carbocycles. The minimum absolute atomic E-state index is 0.142. The van der Waals surface area contributed by atoms with E-state index in [1.54, 1.807) is 4.90 Å². The number of pyridine rings is 1. The van der Waals surface area contributed by atoms with Crippen molar-refractivity contribution >= 4 is 11.8 Å². The van der Waals surface area contributed by atoms with Crippen molar-refractivity contribution in [3.8, 4) is 17.1 Å². The van der Waals surface area contributed by atoms with Crippen molar-refractivity contribution in [2.45, 2.75) is 74.7 Å². The number of nitrogens with one attached hydrogen (secondary N) is 2. The molecule has 2 N–H and O–H groups in total. The van der Waals surface area contributed by atoms with Gasteiger partial charge in [0.25, 0.3) is 5.91 Å². The lowest BCUT2D eigenvalue weighted by Gasteiger charge is -2.42. The van der Waals surface area contributed by atoms with Gasteiger partial charge in [-0.15, -0.1) is 0 Å². The molecule has 0 bridgehead atoms. The van der Waals surface area contributed by atoms with Gasteiger partial charge >= 0.3 is 6.18 Å². The third-order valence-corrected chi connectivity index (χ3v) is 8.52. The second-order valence-electron chi connectivity index (χ2n) is 10.7. The molecule has 39 heavy (non-hydrogen) atoms. The van der Waals surface area contributed by atoms with Crippen LogP contribution in [0.5, 0.6) is 5.88 Å². The van der Waals surface area contributed by atoms with Gasteiger partial charge in [0.05, 0.1) is 19.0 Å². The van der Waals surface area contributed by atoms with Crippen molar-refractivity contribution in [1.29, 1.82) is 0 Å². The lowest BCUT2D eigenvalue weighted by molar-refractivity contribution is -0.280. The maximum atomic E-state index is 14.3. The Bertz CT molecular complexity index is 1240. The second-order valence-corrected chi connectivity index (χ2v) is 10.7. The zero-order chi connectivity index (χ0) is 28.0. The average Bonchev–Trinajstić information content (AvgIpc) is 3.49. The Balaban J connectivity index is 1.20. The molecule has 1 saturated heterocycles. The number of methoxy groups -OCH3 is 2. The van der Waals surface area contributed by atoms with Crippen molar-refractivity contribution < 1.29 is 36.6 Å². The third kappa shape index (κ3) is 5.08. The van der Waals surface area contributed by atoms with Gasteiger partial charge in [0.2, 0.25) is 11.8 Å². The maximum Gasteiger partial charge on any atom is 0.417 e. The molecule has 3 heterocycles. The number of aromatic amines is 1. The van der Waals surface area contributed by atoms with Crippen molar-refractivity contribution in [2.24, 2.45) is 5.92 Å². The lowest BCUT2D eigenvalue weighted by Crippen LogP contribution is -2.54. The summed E-state index contributed by atoms with van der Waals surface area (Å²) in [5.41, 5.74) is -1.98. The van der Waals surface area contributed by atoms with Crippen LogP contribution < -0.4 is 10.1 Å². The molecule has 3 aliphatic rings. The van der Waals surface area contributed by atoms with Gasteiger partial charge in [-0.2, -0.15) is 18.3 Å². The Morgan fingerprint density at radius 3 is 2.46 bits per heavy atom. The van der Waals surface area contributed by atoms with Crippen LogP contribution in [-0.2, 0) is 9.53 Å². The number of aromatic nitrogens is 3. The van der Waals surface area contributed by atoms with Crippen LogP contribution in [0.2, 0.25) is 0 Å². The van der Waals surface area contributed by atoms with Crippen LogP contribution in [0.25, 0.3) is 11.3 Å². The topological polar surface area (TPSA) is 109 Å². The number of H-pyrrole nitrogens is 1. The van der Waals surface area contributed by atoms with E-state index in [1.165, 1.54) is 19.2 Å². The van der Waals surface area contributed by atoms with Crippen LogP contribution in [0.3, 0.4) is 0 Å². The van der Waals surface area contributed by atoms with E-state index in [4.69, 9.17) is 9.47 Å². The van der Waals surface area contributed by atoms with Gasteiger partial charge in [0.1, 0.15) is 0 Å². The summed E-state index contributed by atoms with van der Waals surface area (Å²) in [7, 11) is 2.49. The molecule has 2 amide bonds. The zero-order valence-electron chi connectivity index (χ0n) is 21.7. The van der Waals surface area contributed by atoms with E-state index in [9.17, 15) is 27.2 Å². The lowest BCUT2D eigenvalue weighted by atomic mass is 9.81. The number of ether oxygens (including phenoxy) is 2. The molecule has 0 unspecified atom stereocenters. The molecule has 1 atom stereocenters. The number of amides is 2. The first-order chi connectivity index (χ1) is 18.5. The molecule has 1 aliphatic heterocycles. The fraction of sp³-hybridized carbons (Fsp3) is 0.615. The van der Waals surface area contributed by atoms with Gasteiger partial charge in [-0.1, -0.05) is 0 Å². The normalized spacial score (nSPS) is 26.4. The first kappa shape index (κ1) is 27.4. The Hall–Kier alpha value is -3.22. The first-order valence-electron chi connectivity index (χ1n) is 13.0. The molecular weight excluding hydrogens is 522 g/mol. The van der Waals surface area contributed by atoms with Crippen molar-refractivity contribution in [2.75, 3.05) is 20.8 Å². The van der Waals surface area contributed by atoms with Crippen LogP contribution in [0.15, 0.2) is 18.3 Å². The number of nitrogens with zero attached hydrogens (tertiary/aromatic N) is 3. The van der Waals surface area contributed by atoms with E-state index in [-0.39, 0.29) is 66.6 Å². The molecule has 1 spiro atoms. The number of alkyl halides is 3. The molecule has 2 saturated carbocycles. The van der Waals surface area contributed by atoms with Crippen molar-refractivity contribution in [3.63, 3.8) is 0 Å². The highest BCUT2D eigenvalue weighted by atomic mass is 19.4. The van der Waals surface area contributed by atoms with Gasteiger partial charge in [-0.25, -0.2) is 9.37 Å². The predicted molar refractivity (Wildman–Crippen MR) is 130 cm³/mol. The van der Waals surface area contributed by atoms with Crippen LogP contribution in [0, 0.1) is 11.7 Å². The first-order valence-corrected chi connectivity index (χ1v) is 13.0. The molecular formula is C26H31F4N5O4. The number of likely N-dealkylation sites (tertiary alicyclic amines) is 1. The number of carbonyl (C=O) groups is 2. The standard InChI is InChI=1S/C26H31F4N5O4/c1-38-21-11-17(18(27)14-31-21)19-12-20(34-33-19)23(37)35-10-5-15(13-24(35)8-9-24)22(36)32-16-3-6-25(39-2,7-4-16)26(28,29)30/h11-12,14-16H,3-10,13H2,1-2H3,(H,32,36)(H,33,34)/t15-,16-,25-/m1/s1. The van der Waals surface area contributed by atoms with E-state index >= 15 is 0 Å². The second kappa shape index (κ2) is 10.1. The summed E-state index contributed by atoms with van der Waals surface area (Å²) >= 11 is 0. The number of rotatable bonds is 6. The number of piperidine rings is 1. The number of hydrogen-bond donors (Lipinski definition) is 2. The van der Waals surface area contributed by atoms with Gasteiger partial charge in [-0.3, -0.25) is 14.7 Å². The molecule has 3 fully saturated rings. The van der Waals surface area contributed by atoms with Gasteiger partial charge in [0, 0.05) is 42.8 Å². The summed E-state index contributed by atoms with van der Waals surface area (Å²) in [5.74, 6) is -1.18. The predicted octanol–water partition coefficient (Wildman–Crippen LogP) is 4.01. The summed E-state index contributed by atoms with van der Waals surface area (Å²) < 4.78 is 64.6. The minimum atomic E-state index is -4.46. The number of hydrogen-bond acceptors (Lipinski definition) is 6. The van der Waals surface area contributed by atoms with Gasteiger partial charge < -0.3 is 19.7 Å². The fourth-order valence-electron chi connectivity index (χ4n) is 5.95. The average molecular weight is 554 g/mol. The van der Waals surface area contributed by atoms with E-state index in [1.807, 2.05) is 0 Å². The monoisotopic (exact) mass is 553 g/mol. The summed E-state index contributed by atoms with van der Waals surface area (Å²) in [4.78, 5) is 32.0. The molecule has 5 rings (SSSR count). The Labute approximate surface area is 222 Å². The van der Waals surface area contributed by atoms with E-state index in [0.717, 1.165) is 26.1 Å². The highest BCUT2D eigenvalue weighted by Gasteiger charge is 2.57. The van der Waals surface area contributed by atoms with Crippen LogP contribution in [0.1, 0.15) is 61.9 Å². The fourth-order valence-corrected chi connectivity index (χ4v) is 5.95. The summed E-state index contributed by atoms with van der Waals surface area (Å²) in [5, 5.41) is 9.77. The molecule has 13 heteroatoms. The summed E-state index contributed by atoms with van der Waals surface area (Å²) in [6, 6.07) is 2.56. The van der Waals surface area contributed by atoms with Crippen molar-refractivity contribution in [3.05, 3.63) is 29.8 Å². The third-order valence-electron chi connectivity index (χ3n) is 8.52. The molecule has 9 nitrogen and oxygen atoms in total. The number of halogens is 4. The number of carbonyl (C=O) groups excluding carboxylic acids is 2. The molecule has 212 valence electrons. The summed E-state index contributed by atoms with van der Waals surface area (Å²) in [6.45, 7) is 0.349. The minimum Gasteiger partial charge on any atom is -0.481 e. The van der Waals surface area contributed by atoms with E-state index < -0.39 is 23.1 Å². The largest absolute Gasteiger partial charge is 0.481 e. The molecule has 2 aromatic rings. The highest BCUT2D eigenvalue weighted by Crippen LogP contribution is 2.51. The van der Waals surface area contributed by atoms with Crippen molar-refractivity contribution in [1.82, 2.24) is 25.4 Å².